The molecule has 0 atom stereocenters. The van der Waals surface area contributed by atoms with Crippen molar-refractivity contribution in [1.29, 1.82) is 5.26 Å². The minimum atomic E-state index is -4.00. The highest BCUT2D eigenvalue weighted by atomic mass is 35.5. The minimum absolute atomic E-state index is 0.0575. The summed E-state index contributed by atoms with van der Waals surface area (Å²) in [5, 5.41) is 13.0. The van der Waals surface area contributed by atoms with Gasteiger partial charge in [-0.15, -0.1) is 0 Å². The number of nitrogens with one attached hydrogen (secondary N) is 1. The lowest BCUT2D eigenvalue weighted by atomic mass is 10.1. The number of ether oxygens (including phenoxy) is 1. The maximum atomic E-state index is 13.6. The number of hydrogen-bond donors (Lipinski definition) is 1. The Morgan fingerprint density at radius 1 is 1.03 bits per heavy atom. The molecule has 3 aromatic carbocycles. The molecule has 1 fully saturated rings. The number of sulfonamides is 1. The van der Waals surface area contributed by atoms with Gasteiger partial charge in [-0.25, -0.2) is 8.42 Å². The van der Waals surface area contributed by atoms with Gasteiger partial charge in [0.25, 0.3) is 5.91 Å². The lowest BCUT2D eigenvalue weighted by Crippen LogP contribution is -2.46. The van der Waals surface area contributed by atoms with Crippen molar-refractivity contribution in [2.24, 2.45) is 0 Å². The number of piperidine rings is 1. The molecule has 1 heterocycles. The average Bonchev–Trinajstić information content (AvgIpc) is 2.84. The van der Waals surface area contributed by atoms with Gasteiger partial charge in [0.05, 0.1) is 11.6 Å². The number of benzene rings is 3. The Hall–Kier alpha value is -3.09. The molecule has 36 heavy (non-hydrogen) atoms. The third kappa shape index (κ3) is 6.00. The van der Waals surface area contributed by atoms with E-state index < -0.39 is 10.0 Å². The highest BCUT2D eigenvalue weighted by molar-refractivity contribution is 7.89. The zero-order chi connectivity index (χ0) is 25.9. The third-order valence-corrected chi connectivity index (χ3v) is 8.21. The van der Waals surface area contributed by atoms with Crippen LogP contribution in [0.25, 0.3) is 0 Å². The van der Waals surface area contributed by atoms with Gasteiger partial charge in [-0.05, 0) is 68.3 Å². The van der Waals surface area contributed by atoms with E-state index in [4.69, 9.17) is 27.9 Å². The molecule has 0 saturated carbocycles. The van der Waals surface area contributed by atoms with E-state index >= 15 is 0 Å². The second-order valence-corrected chi connectivity index (χ2v) is 11.3. The molecule has 1 saturated heterocycles. The van der Waals surface area contributed by atoms with Crippen molar-refractivity contribution in [3.8, 4) is 17.6 Å². The van der Waals surface area contributed by atoms with E-state index in [1.807, 2.05) is 25.1 Å². The predicted octanol–water partition coefficient (Wildman–Crippen LogP) is 5.55. The number of carbonyl (C=O) groups excluding carboxylic acids is 1. The van der Waals surface area contributed by atoms with E-state index in [-0.39, 0.29) is 47.0 Å². The van der Waals surface area contributed by atoms with E-state index in [0.717, 1.165) is 5.56 Å². The van der Waals surface area contributed by atoms with Crippen molar-refractivity contribution in [3.63, 3.8) is 0 Å². The van der Waals surface area contributed by atoms with Crippen LogP contribution in [0.2, 0.25) is 10.0 Å². The highest BCUT2D eigenvalue weighted by Crippen LogP contribution is 2.35. The molecular formula is C26H23Cl2N3O4S. The number of amides is 1. The molecule has 10 heteroatoms. The summed E-state index contributed by atoms with van der Waals surface area (Å²) in [5.74, 6) is 0.141. The molecule has 7 nitrogen and oxygen atoms in total. The predicted molar refractivity (Wildman–Crippen MR) is 138 cm³/mol. The summed E-state index contributed by atoms with van der Waals surface area (Å²) in [5.41, 5.74) is 1.81. The smallest absolute Gasteiger partial charge is 0.251 e. The van der Waals surface area contributed by atoms with Crippen LogP contribution in [0, 0.1) is 18.3 Å². The normalized spacial score (nSPS) is 14.7. The molecule has 1 aliphatic heterocycles. The minimum Gasteiger partial charge on any atom is -0.456 e. The fraction of sp³-hybridized carbons (Fsp3) is 0.231. The summed E-state index contributed by atoms with van der Waals surface area (Å²) in [7, 11) is -4.00. The molecule has 1 N–H and O–H groups in total. The van der Waals surface area contributed by atoms with E-state index in [1.165, 1.54) is 40.7 Å². The van der Waals surface area contributed by atoms with E-state index in [2.05, 4.69) is 5.32 Å². The van der Waals surface area contributed by atoms with Gasteiger partial charge in [0.1, 0.15) is 16.4 Å². The van der Waals surface area contributed by atoms with Crippen molar-refractivity contribution >= 4 is 39.1 Å². The van der Waals surface area contributed by atoms with Crippen molar-refractivity contribution in [2.45, 2.75) is 30.7 Å². The summed E-state index contributed by atoms with van der Waals surface area (Å²) in [6.07, 6.45) is 0.906. The Morgan fingerprint density at radius 2 is 1.67 bits per heavy atom. The highest BCUT2D eigenvalue weighted by Gasteiger charge is 2.32. The maximum Gasteiger partial charge on any atom is 0.251 e. The number of carbonyl (C=O) groups is 1. The van der Waals surface area contributed by atoms with Crippen LogP contribution in [0.5, 0.6) is 11.5 Å². The zero-order valence-corrected chi connectivity index (χ0v) is 21.7. The number of halogens is 2. The largest absolute Gasteiger partial charge is 0.456 e. The first kappa shape index (κ1) is 26.0. The summed E-state index contributed by atoms with van der Waals surface area (Å²) in [6, 6.07) is 17.9. The second kappa shape index (κ2) is 10.9. The second-order valence-electron chi connectivity index (χ2n) is 8.50. The van der Waals surface area contributed by atoms with Gasteiger partial charge in [0.15, 0.2) is 0 Å². The van der Waals surface area contributed by atoms with Crippen LogP contribution in [0.1, 0.15) is 34.3 Å². The SMILES string of the molecule is Cc1ccc(C(=O)NC2CCN(S(=O)(=O)c3cc(C#N)ccc3Oc3cc(Cl)cc(Cl)c3)CC2)cc1. The standard InChI is InChI=1S/C26H23Cl2N3O4S/c1-17-2-5-19(6-3-17)26(32)30-22-8-10-31(11-9-22)36(33,34)25-12-18(16-29)4-7-24(25)35-23-14-20(27)13-21(28)15-23/h2-7,12-15,22H,8-11H2,1H3,(H,30,32). The summed E-state index contributed by atoms with van der Waals surface area (Å²) < 4.78 is 34.3. The van der Waals surface area contributed by atoms with Crippen molar-refractivity contribution in [2.75, 3.05) is 13.1 Å². The molecule has 0 bridgehead atoms. The van der Waals surface area contributed by atoms with Crippen molar-refractivity contribution in [3.05, 3.63) is 87.4 Å². The van der Waals surface area contributed by atoms with Gasteiger partial charge in [0.2, 0.25) is 10.0 Å². The van der Waals surface area contributed by atoms with Gasteiger partial charge >= 0.3 is 0 Å². The maximum absolute atomic E-state index is 13.6. The van der Waals surface area contributed by atoms with Gasteiger partial charge < -0.3 is 10.1 Å². The van der Waals surface area contributed by atoms with Crippen LogP contribution >= 0.6 is 23.2 Å². The summed E-state index contributed by atoms with van der Waals surface area (Å²) >= 11 is 12.1. The number of hydrogen-bond acceptors (Lipinski definition) is 5. The summed E-state index contributed by atoms with van der Waals surface area (Å²) in [6.45, 7) is 2.37. The summed E-state index contributed by atoms with van der Waals surface area (Å²) in [4.78, 5) is 12.4. The molecule has 186 valence electrons. The molecule has 0 spiro atoms. The van der Waals surface area contributed by atoms with Gasteiger partial charge in [-0.3, -0.25) is 4.79 Å². The molecule has 0 aromatic heterocycles. The first-order chi connectivity index (χ1) is 17.2. The number of aryl methyl sites for hydroxylation is 1. The van der Waals surface area contributed by atoms with Crippen LogP contribution in [0.15, 0.2) is 65.6 Å². The third-order valence-electron chi connectivity index (χ3n) is 5.86. The molecule has 1 aliphatic rings. The lowest BCUT2D eigenvalue weighted by Gasteiger charge is -2.32. The van der Waals surface area contributed by atoms with Gasteiger partial charge in [-0.1, -0.05) is 40.9 Å². The fourth-order valence-electron chi connectivity index (χ4n) is 3.93. The van der Waals surface area contributed by atoms with Gasteiger partial charge in [-0.2, -0.15) is 9.57 Å². The quantitative estimate of drug-likeness (QED) is 0.439. The number of nitrogens with zero attached hydrogens (tertiary/aromatic N) is 2. The van der Waals surface area contributed by atoms with E-state index in [0.29, 0.717) is 28.5 Å². The van der Waals surface area contributed by atoms with Crippen LogP contribution < -0.4 is 10.1 Å². The average molecular weight is 544 g/mol. The first-order valence-electron chi connectivity index (χ1n) is 11.2. The van der Waals surface area contributed by atoms with E-state index in [9.17, 15) is 18.5 Å². The van der Waals surface area contributed by atoms with E-state index in [1.54, 1.807) is 12.1 Å². The molecule has 3 aromatic rings. The molecule has 1 amide bonds. The Labute approximate surface area is 220 Å². The zero-order valence-electron chi connectivity index (χ0n) is 19.4. The Kier molecular flexibility index (Phi) is 7.86. The van der Waals surface area contributed by atoms with Crippen molar-refractivity contribution in [1.82, 2.24) is 9.62 Å². The van der Waals surface area contributed by atoms with Crippen molar-refractivity contribution < 1.29 is 17.9 Å². The number of rotatable bonds is 6. The first-order valence-corrected chi connectivity index (χ1v) is 13.4. The topological polar surface area (TPSA) is 99.5 Å². The molecule has 0 aliphatic carbocycles. The molecule has 0 radical (unpaired) electrons. The molecular weight excluding hydrogens is 521 g/mol. The van der Waals surface area contributed by atoms with Crippen LogP contribution in [0.4, 0.5) is 0 Å². The lowest BCUT2D eigenvalue weighted by molar-refractivity contribution is 0.0924. The Morgan fingerprint density at radius 3 is 2.28 bits per heavy atom. The van der Waals surface area contributed by atoms with Crippen LogP contribution in [0.3, 0.4) is 0 Å². The van der Waals surface area contributed by atoms with Crippen LogP contribution in [-0.4, -0.2) is 37.8 Å². The van der Waals surface area contributed by atoms with Gasteiger partial charge in [0, 0.05) is 34.7 Å². The number of nitriles is 1. The molecule has 0 unspecified atom stereocenters. The fourth-order valence-corrected chi connectivity index (χ4v) is 6.05. The Bertz CT molecular complexity index is 1410. The molecule has 4 rings (SSSR count). The van der Waals surface area contributed by atoms with Crippen LogP contribution in [-0.2, 0) is 10.0 Å². The monoisotopic (exact) mass is 543 g/mol. The Balaban J connectivity index is 1.51.